The van der Waals surface area contributed by atoms with Crippen LogP contribution in [0, 0.1) is 5.82 Å². The van der Waals surface area contributed by atoms with Crippen LogP contribution in [0.3, 0.4) is 0 Å². The average Bonchev–Trinajstić information content (AvgIpc) is 2.23. The fraction of sp³-hybridized carbons (Fsp3) is 0.273. The van der Waals surface area contributed by atoms with E-state index in [9.17, 15) is 14.0 Å². The molecule has 1 amide bonds. The zero-order chi connectivity index (χ0) is 12.8. The molecule has 17 heavy (non-hydrogen) atoms. The van der Waals surface area contributed by atoms with Crippen molar-refractivity contribution < 1.29 is 19.1 Å². The second-order valence-corrected chi connectivity index (χ2v) is 4.30. The number of nitrogens with one attached hydrogen (secondary N) is 1. The second-order valence-electron chi connectivity index (χ2n) is 3.38. The molecule has 6 heteroatoms. The van der Waals surface area contributed by atoms with Crippen LogP contribution in [-0.2, 0) is 0 Å². The zero-order valence-corrected chi connectivity index (χ0v) is 10.5. The predicted molar refractivity (Wildman–Crippen MR) is 63.7 cm³/mol. The van der Waals surface area contributed by atoms with Gasteiger partial charge in [0.15, 0.2) is 5.78 Å². The number of Topliss-reactive ketones (excluding diaryl/α,β-unsaturated/α-hetero) is 1. The highest BCUT2D eigenvalue weighted by atomic mass is 79.9. The lowest BCUT2D eigenvalue weighted by Gasteiger charge is -2.03. The number of amides is 1. The summed E-state index contributed by atoms with van der Waals surface area (Å²) >= 11 is 3.10. The van der Waals surface area contributed by atoms with E-state index in [0.717, 1.165) is 0 Å². The Balaban J connectivity index is 2.50. The molecule has 0 heterocycles. The molecule has 0 bridgehead atoms. The minimum atomic E-state index is -1.13. The van der Waals surface area contributed by atoms with Crippen LogP contribution in [0.2, 0.25) is 0 Å². The van der Waals surface area contributed by atoms with Gasteiger partial charge in [-0.15, -0.1) is 0 Å². The number of carboxylic acid groups (broad SMARTS) is 1. The molecule has 0 aliphatic carbocycles. The number of halogens is 2. The van der Waals surface area contributed by atoms with Crippen LogP contribution in [0.25, 0.3) is 0 Å². The van der Waals surface area contributed by atoms with Crippen LogP contribution < -0.4 is 5.32 Å². The van der Waals surface area contributed by atoms with E-state index in [1.165, 1.54) is 12.1 Å². The van der Waals surface area contributed by atoms with Crippen LogP contribution in [0.5, 0.6) is 0 Å². The molecule has 0 aromatic heterocycles. The Bertz CT molecular complexity index is 437. The summed E-state index contributed by atoms with van der Waals surface area (Å²) in [6.45, 7) is 0.180. The maximum Gasteiger partial charge on any atom is 0.404 e. The van der Waals surface area contributed by atoms with Crippen LogP contribution in [0.4, 0.5) is 9.18 Å². The number of carbonyl (C=O) groups is 2. The molecule has 1 aromatic carbocycles. The van der Waals surface area contributed by atoms with Crippen molar-refractivity contribution in [3.63, 3.8) is 0 Å². The Labute approximate surface area is 106 Å². The average molecular weight is 304 g/mol. The van der Waals surface area contributed by atoms with E-state index in [-0.39, 0.29) is 24.3 Å². The topological polar surface area (TPSA) is 66.4 Å². The molecule has 0 fully saturated rings. The van der Waals surface area contributed by atoms with Gasteiger partial charge >= 0.3 is 6.09 Å². The van der Waals surface area contributed by atoms with Gasteiger partial charge in [0.25, 0.3) is 0 Å². The summed E-state index contributed by atoms with van der Waals surface area (Å²) in [5.41, 5.74) is 0.0310. The molecule has 0 spiro atoms. The summed E-state index contributed by atoms with van der Waals surface area (Å²) in [4.78, 5) is 21.7. The highest BCUT2D eigenvalue weighted by Gasteiger charge is 2.11. The molecule has 0 atom stereocenters. The first-order valence-corrected chi connectivity index (χ1v) is 5.75. The lowest BCUT2D eigenvalue weighted by Crippen LogP contribution is -2.22. The lowest BCUT2D eigenvalue weighted by atomic mass is 10.1. The summed E-state index contributed by atoms with van der Waals surface area (Å²) in [6, 6.07) is 4.22. The molecule has 0 saturated carbocycles. The van der Waals surface area contributed by atoms with Gasteiger partial charge in [0.05, 0.1) is 5.56 Å². The van der Waals surface area contributed by atoms with Gasteiger partial charge in [-0.2, -0.15) is 0 Å². The Morgan fingerprint density at radius 1 is 1.41 bits per heavy atom. The van der Waals surface area contributed by atoms with Gasteiger partial charge < -0.3 is 10.4 Å². The minimum absolute atomic E-state index is 0.0310. The SMILES string of the molecule is O=C(O)NCCCC(=O)c1ccc(Br)cc1F. The highest BCUT2D eigenvalue weighted by Crippen LogP contribution is 2.16. The van der Waals surface area contributed by atoms with Gasteiger partial charge in [-0.1, -0.05) is 15.9 Å². The third-order valence-electron chi connectivity index (χ3n) is 2.09. The third kappa shape index (κ3) is 4.52. The molecule has 0 unspecified atom stereocenters. The van der Waals surface area contributed by atoms with E-state index in [1.807, 2.05) is 0 Å². The monoisotopic (exact) mass is 303 g/mol. The van der Waals surface area contributed by atoms with E-state index < -0.39 is 11.9 Å². The van der Waals surface area contributed by atoms with E-state index in [0.29, 0.717) is 10.9 Å². The van der Waals surface area contributed by atoms with Gasteiger partial charge in [0.1, 0.15) is 5.82 Å². The molecule has 2 N–H and O–H groups in total. The molecular weight excluding hydrogens is 293 g/mol. The molecule has 92 valence electrons. The van der Waals surface area contributed by atoms with Crippen molar-refractivity contribution in [2.24, 2.45) is 0 Å². The van der Waals surface area contributed by atoms with Crippen molar-refractivity contribution in [2.45, 2.75) is 12.8 Å². The maximum absolute atomic E-state index is 13.4. The Hall–Kier alpha value is -1.43. The summed E-state index contributed by atoms with van der Waals surface area (Å²) < 4.78 is 13.9. The van der Waals surface area contributed by atoms with Crippen LogP contribution >= 0.6 is 15.9 Å². The molecule has 0 aliphatic rings. The van der Waals surface area contributed by atoms with Gasteiger partial charge in [-0.05, 0) is 24.6 Å². The van der Waals surface area contributed by atoms with Crippen LogP contribution in [0.15, 0.2) is 22.7 Å². The fourth-order valence-electron chi connectivity index (χ4n) is 1.29. The molecule has 0 aliphatic heterocycles. The predicted octanol–water partition coefficient (Wildman–Crippen LogP) is 2.82. The number of benzene rings is 1. The molecule has 1 rings (SSSR count). The zero-order valence-electron chi connectivity index (χ0n) is 8.87. The molecule has 4 nitrogen and oxygen atoms in total. The van der Waals surface area contributed by atoms with Crippen LogP contribution in [0.1, 0.15) is 23.2 Å². The molecule has 1 aromatic rings. The number of hydrogen-bond acceptors (Lipinski definition) is 2. The fourth-order valence-corrected chi connectivity index (χ4v) is 1.63. The first-order valence-electron chi connectivity index (χ1n) is 4.95. The van der Waals surface area contributed by atoms with Gasteiger partial charge in [0, 0.05) is 17.4 Å². The first-order chi connectivity index (χ1) is 8.00. The van der Waals surface area contributed by atoms with Crippen molar-refractivity contribution in [3.05, 3.63) is 34.1 Å². The first kappa shape index (κ1) is 13.6. The summed E-state index contributed by atoms with van der Waals surface area (Å²) in [5, 5.41) is 10.4. The van der Waals surface area contributed by atoms with Gasteiger partial charge in [-0.3, -0.25) is 4.79 Å². The number of carbonyl (C=O) groups excluding carboxylic acids is 1. The summed E-state index contributed by atoms with van der Waals surface area (Å²) in [6.07, 6.45) is -0.674. The summed E-state index contributed by atoms with van der Waals surface area (Å²) in [7, 11) is 0. The van der Waals surface area contributed by atoms with E-state index in [4.69, 9.17) is 5.11 Å². The van der Waals surface area contributed by atoms with Crippen molar-refractivity contribution in [3.8, 4) is 0 Å². The molecular formula is C11H11BrFNO3. The Morgan fingerprint density at radius 3 is 2.71 bits per heavy atom. The molecule has 0 saturated heterocycles. The van der Waals surface area contributed by atoms with Crippen molar-refractivity contribution >= 4 is 27.8 Å². The van der Waals surface area contributed by atoms with Crippen molar-refractivity contribution in [1.82, 2.24) is 5.32 Å². The van der Waals surface area contributed by atoms with Gasteiger partial charge in [0.2, 0.25) is 0 Å². The number of rotatable bonds is 5. The normalized spacial score (nSPS) is 10.0. The van der Waals surface area contributed by atoms with E-state index in [2.05, 4.69) is 21.2 Å². The Kier molecular flexibility index (Phi) is 5.09. The van der Waals surface area contributed by atoms with E-state index in [1.54, 1.807) is 6.07 Å². The summed E-state index contributed by atoms with van der Waals surface area (Å²) in [5.74, 6) is -0.905. The number of ketones is 1. The van der Waals surface area contributed by atoms with E-state index >= 15 is 0 Å². The Morgan fingerprint density at radius 2 is 2.12 bits per heavy atom. The van der Waals surface area contributed by atoms with Crippen molar-refractivity contribution in [1.29, 1.82) is 0 Å². The smallest absolute Gasteiger partial charge is 0.404 e. The van der Waals surface area contributed by atoms with Gasteiger partial charge in [-0.25, -0.2) is 9.18 Å². The highest BCUT2D eigenvalue weighted by molar-refractivity contribution is 9.10. The minimum Gasteiger partial charge on any atom is -0.465 e. The quantitative estimate of drug-likeness (QED) is 0.649. The number of hydrogen-bond donors (Lipinski definition) is 2. The maximum atomic E-state index is 13.4. The molecule has 0 radical (unpaired) electrons. The second kappa shape index (κ2) is 6.34. The standard InChI is InChI=1S/C11H11BrFNO3/c12-7-3-4-8(9(13)6-7)10(15)2-1-5-14-11(16)17/h3-4,6,14H,1-2,5H2,(H,16,17). The third-order valence-corrected chi connectivity index (χ3v) is 2.58. The van der Waals surface area contributed by atoms with Crippen molar-refractivity contribution in [2.75, 3.05) is 6.54 Å². The van der Waals surface area contributed by atoms with Crippen LogP contribution in [-0.4, -0.2) is 23.5 Å². The lowest BCUT2D eigenvalue weighted by molar-refractivity contribution is 0.0975. The largest absolute Gasteiger partial charge is 0.465 e.